The standard InChI is InChI=1S/C18H21NO2/c1-12(14-6-2-4-13(8-14)5-3-7-20)19-18(21)17-10-15-9-16(15)11-17/h2,4,6,8,12,15-17,20H,7,9-11H2,1H3,(H,19,21). The second-order valence-corrected chi connectivity index (χ2v) is 6.24. The molecule has 3 atom stereocenters. The number of nitrogens with one attached hydrogen (secondary N) is 1. The quantitative estimate of drug-likeness (QED) is 0.836. The average Bonchev–Trinajstić information content (AvgIpc) is 3.11. The summed E-state index contributed by atoms with van der Waals surface area (Å²) in [5.74, 6) is 7.61. The average molecular weight is 283 g/mol. The second-order valence-electron chi connectivity index (χ2n) is 6.24. The molecule has 1 amide bonds. The number of carbonyl (C=O) groups is 1. The van der Waals surface area contributed by atoms with Crippen molar-refractivity contribution in [3.05, 3.63) is 35.4 Å². The van der Waals surface area contributed by atoms with E-state index in [1.54, 1.807) is 0 Å². The van der Waals surface area contributed by atoms with E-state index < -0.39 is 0 Å². The van der Waals surface area contributed by atoms with Gasteiger partial charge in [0.1, 0.15) is 6.61 Å². The molecule has 3 unspecified atom stereocenters. The largest absolute Gasteiger partial charge is 0.384 e. The van der Waals surface area contributed by atoms with Gasteiger partial charge in [0, 0.05) is 11.5 Å². The molecule has 2 N–H and O–H groups in total. The van der Waals surface area contributed by atoms with Crippen LogP contribution in [-0.4, -0.2) is 17.6 Å². The lowest BCUT2D eigenvalue weighted by atomic mass is 10.0. The smallest absolute Gasteiger partial charge is 0.223 e. The molecule has 0 aliphatic heterocycles. The fourth-order valence-electron chi connectivity index (χ4n) is 3.37. The van der Waals surface area contributed by atoms with E-state index in [0.29, 0.717) is 0 Å². The minimum absolute atomic E-state index is 0.00898. The molecule has 3 heteroatoms. The molecule has 0 spiro atoms. The predicted octanol–water partition coefficient (Wildman–Crippen LogP) is 2.25. The van der Waals surface area contributed by atoms with Crippen LogP contribution in [0.3, 0.4) is 0 Å². The number of hydrogen-bond acceptors (Lipinski definition) is 2. The maximum Gasteiger partial charge on any atom is 0.223 e. The lowest BCUT2D eigenvalue weighted by Crippen LogP contribution is -2.32. The van der Waals surface area contributed by atoms with Crippen LogP contribution >= 0.6 is 0 Å². The summed E-state index contributed by atoms with van der Waals surface area (Å²) in [5, 5.41) is 11.9. The number of aliphatic hydroxyl groups excluding tert-OH is 1. The van der Waals surface area contributed by atoms with E-state index in [9.17, 15) is 4.79 Å². The molecule has 2 saturated carbocycles. The Morgan fingerprint density at radius 1 is 1.38 bits per heavy atom. The van der Waals surface area contributed by atoms with Gasteiger partial charge in [-0.1, -0.05) is 24.0 Å². The Morgan fingerprint density at radius 2 is 2.14 bits per heavy atom. The number of rotatable bonds is 3. The molecule has 2 aliphatic carbocycles. The third-order valence-electron chi connectivity index (χ3n) is 4.67. The number of carbonyl (C=O) groups excluding carboxylic acids is 1. The van der Waals surface area contributed by atoms with Gasteiger partial charge in [0.15, 0.2) is 0 Å². The zero-order valence-electron chi connectivity index (χ0n) is 12.3. The molecule has 2 fully saturated rings. The third kappa shape index (κ3) is 3.28. The molecule has 110 valence electrons. The van der Waals surface area contributed by atoms with Crippen LogP contribution in [0.4, 0.5) is 0 Å². The topological polar surface area (TPSA) is 49.3 Å². The highest BCUT2D eigenvalue weighted by Crippen LogP contribution is 2.54. The van der Waals surface area contributed by atoms with Crippen LogP contribution in [0.1, 0.15) is 43.4 Å². The zero-order valence-corrected chi connectivity index (χ0v) is 12.3. The Bertz CT molecular complexity index is 589. The summed E-state index contributed by atoms with van der Waals surface area (Å²) in [5.41, 5.74) is 1.92. The van der Waals surface area contributed by atoms with Crippen molar-refractivity contribution in [3.8, 4) is 11.8 Å². The molecular weight excluding hydrogens is 262 g/mol. The van der Waals surface area contributed by atoms with Crippen molar-refractivity contribution in [1.82, 2.24) is 5.32 Å². The van der Waals surface area contributed by atoms with Gasteiger partial charge in [0.2, 0.25) is 5.91 Å². The van der Waals surface area contributed by atoms with Crippen molar-refractivity contribution in [2.24, 2.45) is 17.8 Å². The molecule has 0 aromatic heterocycles. The van der Waals surface area contributed by atoms with Crippen LogP contribution < -0.4 is 5.32 Å². The summed E-state index contributed by atoms with van der Waals surface area (Å²) >= 11 is 0. The molecule has 0 heterocycles. The van der Waals surface area contributed by atoms with Gasteiger partial charge in [-0.2, -0.15) is 0 Å². The first-order valence-corrected chi connectivity index (χ1v) is 7.67. The molecule has 1 aromatic rings. The van der Waals surface area contributed by atoms with Crippen LogP contribution in [0.5, 0.6) is 0 Å². The highest BCUT2D eigenvalue weighted by molar-refractivity contribution is 5.79. The van der Waals surface area contributed by atoms with E-state index >= 15 is 0 Å². The molecule has 2 aliphatic rings. The molecule has 3 rings (SSSR count). The summed E-state index contributed by atoms with van der Waals surface area (Å²) in [6.45, 7) is 1.87. The number of amides is 1. The van der Waals surface area contributed by atoms with E-state index in [0.717, 1.165) is 35.8 Å². The summed E-state index contributed by atoms with van der Waals surface area (Å²) < 4.78 is 0. The van der Waals surface area contributed by atoms with Gasteiger partial charge in [-0.05, 0) is 55.7 Å². The first-order chi connectivity index (χ1) is 10.2. The zero-order chi connectivity index (χ0) is 14.8. The molecule has 0 saturated heterocycles. The van der Waals surface area contributed by atoms with Gasteiger partial charge >= 0.3 is 0 Å². The Labute approximate surface area is 125 Å². The van der Waals surface area contributed by atoms with Crippen molar-refractivity contribution in [1.29, 1.82) is 0 Å². The number of benzene rings is 1. The van der Waals surface area contributed by atoms with Gasteiger partial charge in [0.25, 0.3) is 0 Å². The Hall–Kier alpha value is -1.79. The van der Waals surface area contributed by atoms with Crippen molar-refractivity contribution in [2.75, 3.05) is 6.61 Å². The molecule has 3 nitrogen and oxygen atoms in total. The maximum atomic E-state index is 12.3. The van der Waals surface area contributed by atoms with Gasteiger partial charge < -0.3 is 10.4 Å². The minimum atomic E-state index is -0.138. The first kappa shape index (κ1) is 14.2. The van der Waals surface area contributed by atoms with Crippen LogP contribution in [0.15, 0.2) is 24.3 Å². The van der Waals surface area contributed by atoms with Crippen molar-refractivity contribution in [2.45, 2.75) is 32.2 Å². The van der Waals surface area contributed by atoms with Crippen LogP contribution in [-0.2, 0) is 4.79 Å². The lowest BCUT2D eigenvalue weighted by molar-refractivity contribution is -0.125. The van der Waals surface area contributed by atoms with Crippen LogP contribution in [0.25, 0.3) is 0 Å². The minimum Gasteiger partial charge on any atom is -0.384 e. The number of hydrogen-bond donors (Lipinski definition) is 2. The number of fused-ring (bicyclic) bond motifs is 1. The van der Waals surface area contributed by atoms with E-state index in [2.05, 4.69) is 17.2 Å². The summed E-state index contributed by atoms with van der Waals surface area (Å²) in [7, 11) is 0. The molecule has 0 bridgehead atoms. The van der Waals surface area contributed by atoms with Crippen molar-refractivity contribution >= 4 is 5.91 Å². The molecule has 0 radical (unpaired) electrons. The van der Waals surface area contributed by atoms with Crippen molar-refractivity contribution in [3.63, 3.8) is 0 Å². The summed E-state index contributed by atoms with van der Waals surface area (Å²) in [6, 6.07) is 7.81. The van der Waals surface area contributed by atoms with Gasteiger partial charge in [-0.25, -0.2) is 0 Å². The van der Waals surface area contributed by atoms with Gasteiger partial charge in [-0.15, -0.1) is 0 Å². The molecule has 1 aromatic carbocycles. The Kier molecular flexibility index (Phi) is 3.98. The molecular formula is C18H21NO2. The van der Waals surface area contributed by atoms with Crippen LogP contribution in [0.2, 0.25) is 0 Å². The number of aliphatic hydroxyl groups is 1. The second kappa shape index (κ2) is 5.91. The molecule has 21 heavy (non-hydrogen) atoms. The highest BCUT2D eigenvalue weighted by Gasteiger charge is 2.48. The SMILES string of the molecule is CC(NC(=O)C1CC2CC2C1)c1cccc(C#CCO)c1. The highest BCUT2D eigenvalue weighted by atomic mass is 16.2. The van der Waals surface area contributed by atoms with Crippen LogP contribution in [0, 0.1) is 29.6 Å². The Balaban J connectivity index is 1.61. The van der Waals surface area contributed by atoms with Gasteiger partial charge in [-0.3, -0.25) is 4.79 Å². The Morgan fingerprint density at radius 3 is 2.86 bits per heavy atom. The summed E-state index contributed by atoms with van der Waals surface area (Å²) in [6.07, 6.45) is 3.49. The lowest BCUT2D eigenvalue weighted by Gasteiger charge is -2.18. The van der Waals surface area contributed by atoms with E-state index in [4.69, 9.17) is 5.11 Å². The maximum absolute atomic E-state index is 12.3. The van der Waals surface area contributed by atoms with E-state index in [1.807, 2.05) is 31.2 Å². The normalized spacial score (nSPS) is 27.2. The van der Waals surface area contributed by atoms with Gasteiger partial charge in [0.05, 0.1) is 6.04 Å². The van der Waals surface area contributed by atoms with E-state index in [-0.39, 0.29) is 24.5 Å². The first-order valence-electron chi connectivity index (χ1n) is 7.67. The van der Waals surface area contributed by atoms with Crippen molar-refractivity contribution < 1.29 is 9.90 Å². The fourth-order valence-corrected chi connectivity index (χ4v) is 3.37. The summed E-state index contributed by atoms with van der Waals surface area (Å²) in [4.78, 5) is 12.3. The van der Waals surface area contributed by atoms with E-state index in [1.165, 1.54) is 6.42 Å². The predicted molar refractivity (Wildman–Crippen MR) is 81.3 cm³/mol. The monoisotopic (exact) mass is 283 g/mol. The third-order valence-corrected chi connectivity index (χ3v) is 4.67. The fraction of sp³-hybridized carbons (Fsp3) is 0.500.